The van der Waals surface area contributed by atoms with Crippen LogP contribution in [0.5, 0.6) is 0 Å². The Hall–Kier alpha value is -1.06. The first kappa shape index (κ1) is 15.0. The molecular formula is C14H25NO3. The van der Waals surface area contributed by atoms with Crippen molar-refractivity contribution in [3.05, 3.63) is 0 Å². The molecule has 0 saturated heterocycles. The number of carbonyl (C=O) groups excluding carboxylic acids is 1. The summed E-state index contributed by atoms with van der Waals surface area (Å²) in [4.78, 5) is 22.7. The van der Waals surface area contributed by atoms with Crippen molar-refractivity contribution >= 4 is 11.9 Å². The van der Waals surface area contributed by atoms with E-state index < -0.39 is 11.4 Å². The number of hydrogen-bond donors (Lipinski definition) is 2. The van der Waals surface area contributed by atoms with Crippen molar-refractivity contribution in [1.29, 1.82) is 0 Å². The highest BCUT2D eigenvalue weighted by Gasteiger charge is 2.28. The summed E-state index contributed by atoms with van der Waals surface area (Å²) in [7, 11) is 0. The van der Waals surface area contributed by atoms with Crippen LogP contribution in [0.2, 0.25) is 0 Å². The lowest BCUT2D eigenvalue weighted by atomic mass is 9.80. The lowest BCUT2D eigenvalue weighted by molar-refractivity contribution is -0.146. The number of aliphatic carboxylic acids is 1. The Labute approximate surface area is 109 Å². The van der Waals surface area contributed by atoms with Crippen LogP contribution in [0, 0.1) is 17.3 Å². The minimum Gasteiger partial charge on any atom is -0.481 e. The lowest BCUT2D eigenvalue weighted by Crippen LogP contribution is -2.39. The van der Waals surface area contributed by atoms with E-state index in [-0.39, 0.29) is 12.5 Å². The van der Waals surface area contributed by atoms with Crippen LogP contribution in [-0.2, 0) is 9.59 Å². The fraction of sp³-hybridized carbons (Fsp3) is 0.857. The zero-order valence-electron chi connectivity index (χ0n) is 11.7. The van der Waals surface area contributed by atoms with Gasteiger partial charge in [-0.1, -0.05) is 19.8 Å². The molecule has 2 unspecified atom stereocenters. The van der Waals surface area contributed by atoms with Crippen molar-refractivity contribution in [1.82, 2.24) is 5.32 Å². The molecule has 1 aliphatic rings. The topological polar surface area (TPSA) is 66.4 Å². The molecular weight excluding hydrogens is 230 g/mol. The maximum absolute atomic E-state index is 11.8. The van der Waals surface area contributed by atoms with Crippen molar-refractivity contribution in [3.8, 4) is 0 Å². The molecule has 4 heteroatoms. The molecule has 2 atom stereocenters. The molecule has 0 aromatic rings. The Morgan fingerprint density at radius 3 is 2.56 bits per heavy atom. The quantitative estimate of drug-likeness (QED) is 0.793. The number of carbonyl (C=O) groups is 2. The first-order valence-corrected chi connectivity index (χ1v) is 6.81. The molecule has 1 saturated carbocycles. The lowest BCUT2D eigenvalue weighted by Gasteiger charge is -2.26. The maximum Gasteiger partial charge on any atom is 0.310 e. The van der Waals surface area contributed by atoms with Gasteiger partial charge < -0.3 is 10.4 Å². The average molecular weight is 255 g/mol. The Morgan fingerprint density at radius 1 is 1.33 bits per heavy atom. The predicted octanol–water partition coefficient (Wildman–Crippen LogP) is 2.43. The van der Waals surface area contributed by atoms with Gasteiger partial charge in [0.2, 0.25) is 5.91 Å². The molecule has 2 N–H and O–H groups in total. The number of nitrogens with one attached hydrogen (secondary N) is 1. The van der Waals surface area contributed by atoms with Crippen LogP contribution in [0.25, 0.3) is 0 Å². The van der Waals surface area contributed by atoms with Gasteiger partial charge in [-0.05, 0) is 38.5 Å². The largest absolute Gasteiger partial charge is 0.481 e. The van der Waals surface area contributed by atoms with E-state index >= 15 is 0 Å². The van der Waals surface area contributed by atoms with Crippen molar-refractivity contribution in [2.45, 2.75) is 52.9 Å². The third-order valence-corrected chi connectivity index (χ3v) is 3.83. The summed E-state index contributed by atoms with van der Waals surface area (Å²) in [6.45, 7) is 5.68. The van der Waals surface area contributed by atoms with Crippen LogP contribution < -0.4 is 5.32 Å². The summed E-state index contributed by atoms with van der Waals surface area (Å²) in [5, 5.41) is 11.7. The molecule has 1 fully saturated rings. The molecule has 0 aliphatic heterocycles. The highest BCUT2D eigenvalue weighted by molar-refractivity contribution is 5.78. The molecule has 18 heavy (non-hydrogen) atoms. The third kappa shape index (κ3) is 4.67. The van der Waals surface area contributed by atoms with E-state index in [1.165, 1.54) is 12.8 Å². The van der Waals surface area contributed by atoms with E-state index in [4.69, 9.17) is 5.11 Å². The van der Waals surface area contributed by atoms with E-state index in [9.17, 15) is 9.59 Å². The Balaban J connectivity index is 2.31. The molecule has 0 radical (unpaired) electrons. The van der Waals surface area contributed by atoms with Crippen LogP contribution in [0.3, 0.4) is 0 Å². The molecule has 0 spiro atoms. The predicted molar refractivity (Wildman–Crippen MR) is 70.2 cm³/mol. The summed E-state index contributed by atoms with van der Waals surface area (Å²) >= 11 is 0. The average Bonchev–Trinajstić information content (AvgIpc) is 2.26. The SMILES string of the molecule is CC1CCCC(CC(=O)NCC(C)(C)C(=O)O)C1. The number of carboxylic acids is 1. The Morgan fingerprint density at radius 2 is 2.00 bits per heavy atom. The summed E-state index contributed by atoms with van der Waals surface area (Å²) in [5.74, 6) is 0.297. The highest BCUT2D eigenvalue weighted by atomic mass is 16.4. The number of amides is 1. The van der Waals surface area contributed by atoms with Gasteiger partial charge in [-0.15, -0.1) is 0 Å². The van der Waals surface area contributed by atoms with Crippen LogP contribution >= 0.6 is 0 Å². The molecule has 0 aromatic carbocycles. The van der Waals surface area contributed by atoms with Gasteiger partial charge in [0.05, 0.1) is 5.41 Å². The standard InChI is InChI=1S/C14H25NO3/c1-10-5-4-6-11(7-10)8-12(16)15-9-14(2,3)13(17)18/h10-11H,4-9H2,1-3H3,(H,15,16)(H,17,18). The van der Waals surface area contributed by atoms with Gasteiger partial charge in [0.1, 0.15) is 0 Å². The molecule has 1 amide bonds. The molecule has 104 valence electrons. The summed E-state index contributed by atoms with van der Waals surface area (Å²) in [5.41, 5.74) is -0.893. The minimum absolute atomic E-state index is 0.0107. The molecule has 0 bridgehead atoms. The van der Waals surface area contributed by atoms with Crippen molar-refractivity contribution in [3.63, 3.8) is 0 Å². The number of carboxylic acid groups (broad SMARTS) is 1. The van der Waals surface area contributed by atoms with Crippen molar-refractivity contribution in [2.24, 2.45) is 17.3 Å². The maximum atomic E-state index is 11.8. The fourth-order valence-corrected chi connectivity index (χ4v) is 2.47. The molecule has 1 aliphatic carbocycles. The second kappa shape index (κ2) is 6.21. The zero-order chi connectivity index (χ0) is 13.8. The van der Waals surface area contributed by atoms with Crippen LogP contribution in [0.4, 0.5) is 0 Å². The normalized spacial score (nSPS) is 24.6. The highest BCUT2D eigenvalue weighted by Crippen LogP contribution is 2.30. The van der Waals surface area contributed by atoms with Gasteiger partial charge in [-0.2, -0.15) is 0 Å². The smallest absolute Gasteiger partial charge is 0.310 e. The van der Waals surface area contributed by atoms with Gasteiger partial charge in [0.15, 0.2) is 0 Å². The first-order valence-electron chi connectivity index (χ1n) is 6.81. The van der Waals surface area contributed by atoms with Crippen LogP contribution in [-0.4, -0.2) is 23.5 Å². The summed E-state index contributed by atoms with van der Waals surface area (Å²) in [6.07, 6.45) is 5.26. The first-order chi connectivity index (χ1) is 8.31. The van der Waals surface area contributed by atoms with Gasteiger partial charge in [-0.25, -0.2) is 0 Å². The summed E-state index contributed by atoms with van der Waals surface area (Å²) in [6, 6.07) is 0. The van der Waals surface area contributed by atoms with Gasteiger partial charge >= 0.3 is 5.97 Å². The molecule has 1 rings (SSSR count). The van der Waals surface area contributed by atoms with Crippen LogP contribution in [0.15, 0.2) is 0 Å². The van der Waals surface area contributed by atoms with E-state index in [0.29, 0.717) is 18.3 Å². The Bertz CT molecular complexity index is 312. The van der Waals surface area contributed by atoms with Gasteiger partial charge in [0.25, 0.3) is 0 Å². The van der Waals surface area contributed by atoms with Gasteiger partial charge in [0, 0.05) is 13.0 Å². The zero-order valence-corrected chi connectivity index (χ0v) is 11.7. The number of hydrogen-bond acceptors (Lipinski definition) is 2. The monoisotopic (exact) mass is 255 g/mol. The van der Waals surface area contributed by atoms with Crippen molar-refractivity contribution in [2.75, 3.05) is 6.54 Å². The molecule has 0 heterocycles. The van der Waals surface area contributed by atoms with E-state index in [1.807, 2.05) is 0 Å². The number of rotatable bonds is 5. The summed E-state index contributed by atoms with van der Waals surface area (Å²) < 4.78 is 0. The van der Waals surface area contributed by atoms with Crippen LogP contribution in [0.1, 0.15) is 52.9 Å². The van der Waals surface area contributed by atoms with Crippen molar-refractivity contribution < 1.29 is 14.7 Å². The molecule has 4 nitrogen and oxygen atoms in total. The second-order valence-corrected chi connectivity index (χ2v) is 6.31. The second-order valence-electron chi connectivity index (χ2n) is 6.31. The van der Waals surface area contributed by atoms with E-state index in [0.717, 1.165) is 12.8 Å². The van der Waals surface area contributed by atoms with E-state index in [1.54, 1.807) is 13.8 Å². The minimum atomic E-state index is -0.893. The fourth-order valence-electron chi connectivity index (χ4n) is 2.47. The van der Waals surface area contributed by atoms with E-state index in [2.05, 4.69) is 12.2 Å². The molecule has 0 aromatic heterocycles. The third-order valence-electron chi connectivity index (χ3n) is 3.83. The Kier molecular flexibility index (Phi) is 5.17. The van der Waals surface area contributed by atoms with Gasteiger partial charge in [-0.3, -0.25) is 9.59 Å².